The van der Waals surface area contributed by atoms with Crippen LogP contribution in [0.3, 0.4) is 0 Å². The van der Waals surface area contributed by atoms with Crippen molar-refractivity contribution >= 4 is 5.69 Å². The van der Waals surface area contributed by atoms with Gasteiger partial charge >= 0.3 is 0 Å². The zero-order valence-corrected chi connectivity index (χ0v) is 11.6. The minimum Gasteiger partial charge on any atom is -0.396 e. The molecule has 1 fully saturated rings. The third kappa shape index (κ3) is 2.52. The first kappa shape index (κ1) is 13.4. The Balaban J connectivity index is 2.37. The summed E-state index contributed by atoms with van der Waals surface area (Å²) in [6.45, 7) is 8.82. The summed E-state index contributed by atoms with van der Waals surface area (Å²) in [5.41, 5.74) is 4.00. The van der Waals surface area contributed by atoms with E-state index >= 15 is 0 Å². The molecule has 0 spiro atoms. The van der Waals surface area contributed by atoms with Crippen LogP contribution < -0.4 is 10.2 Å². The maximum atomic E-state index is 9.25. The van der Waals surface area contributed by atoms with E-state index in [-0.39, 0.29) is 6.61 Å². The molecule has 18 heavy (non-hydrogen) atoms. The fourth-order valence-electron chi connectivity index (χ4n) is 3.02. The summed E-state index contributed by atoms with van der Waals surface area (Å²) in [5, 5.41) is 12.7. The molecule has 1 heterocycles. The Kier molecular flexibility index (Phi) is 4.25. The summed E-state index contributed by atoms with van der Waals surface area (Å²) in [6.07, 6.45) is 0.825. The van der Waals surface area contributed by atoms with Crippen molar-refractivity contribution in [2.75, 3.05) is 24.6 Å². The van der Waals surface area contributed by atoms with E-state index in [1.807, 2.05) is 0 Å². The van der Waals surface area contributed by atoms with Crippen molar-refractivity contribution in [2.45, 2.75) is 39.3 Å². The van der Waals surface area contributed by atoms with Gasteiger partial charge in [0.2, 0.25) is 0 Å². The number of anilines is 1. The molecule has 0 saturated carbocycles. The Morgan fingerprint density at radius 2 is 1.94 bits per heavy atom. The largest absolute Gasteiger partial charge is 0.396 e. The summed E-state index contributed by atoms with van der Waals surface area (Å²) in [7, 11) is 0. The van der Waals surface area contributed by atoms with E-state index in [0.29, 0.717) is 12.1 Å². The van der Waals surface area contributed by atoms with E-state index in [4.69, 9.17) is 0 Å². The van der Waals surface area contributed by atoms with Crippen LogP contribution in [0.15, 0.2) is 18.2 Å². The van der Waals surface area contributed by atoms with E-state index in [1.165, 1.54) is 16.8 Å². The lowest BCUT2D eigenvalue weighted by molar-refractivity contribution is 0.259. The molecular formula is C15H24N2O. The number of nitrogens with zero attached hydrogens (tertiary/aromatic N) is 1. The lowest BCUT2D eigenvalue weighted by Crippen LogP contribution is -2.57. The number of piperazine rings is 1. The Labute approximate surface area is 110 Å². The SMILES string of the molecule is Cc1cccc(C)c1N1C(C)CNCC1CCO. The van der Waals surface area contributed by atoms with Gasteiger partial charge in [0.15, 0.2) is 0 Å². The molecule has 1 aromatic rings. The van der Waals surface area contributed by atoms with Crippen molar-refractivity contribution in [3.63, 3.8) is 0 Å². The highest BCUT2D eigenvalue weighted by atomic mass is 16.3. The predicted molar refractivity (Wildman–Crippen MR) is 76.2 cm³/mol. The quantitative estimate of drug-likeness (QED) is 0.857. The fourth-order valence-corrected chi connectivity index (χ4v) is 3.02. The molecule has 2 N–H and O–H groups in total. The third-order valence-electron chi connectivity index (χ3n) is 3.85. The number of rotatable bonds is 3. The van der Waals surface area contributed by atoms with Gasteiger partial charge in [0.1, 0.15) is 0 Å². The molecule has 0 aromatic heterocycles. The fraction of sp³-hybridized carbons (Fsp3) is 0.600. The molecule has 1 aromatic carbocycles. The van der Waals surface area contributed by atoms with E-state index in [1.54, 1.807) is 0 Å². The van der Waals surface area contributed by atoms with Crippen LogP contribution >= 0.6 is 0 Å². The summed E-state index contributed by atoms with van der Waals surface area (Å²) >= 11 is 0. The van der Waals surface area contributed by atoms with E-state index in [0.717, 1.165) is 19.5 Å². The monoisotopic (exact) mass is 248 g/mol. The minimum atomic E-state index is 0.250. The highest BCUT2D eigenvalue weighted by Gasteiger charge is 2.29. The first-order valence-corrected chi connectivity index (χ1v) is 6.81. The van der Waals surface area contributed by atoms with Crippen molar-refractivity contribution in [2.24, 2.45) is 0 Å². The van der Waals surface area contributed by atoms with Crippen LogP contribution in [0, 0.1) is 13.8 Å². The topological polar surface area (TPSA) is 35.5 Å². The average Bonchev–Trinajstić information content (AvgIpc) is 2.32. The summed E-state index contributed by atoms with van der Waals surface area (Å²) in [4.78, 5) is 2.50. The van der Waals surface area contributed by atoms with Crippen LogP contribution in [-0.4, -0.2) is 36.9 Å². The van der Waals surface area contributed by atoms with E-state index in [2.05, 4.69) is 49.2 Å². The Bertz CT molecular complexity index is 383. The Morgan fingerprint density at radius 3 is 2.56 bits per heavy atom. The molecule has 100 valence electrons. The number of aliphatic hydroxyl groups excluding tert-OH is 1. The molecule has 0 aliphatic carbocycles. The zero-order valence-electron chi connectivity index (χ0n) is 11.6. The van der Waals surface area contributed by atoms with Crippen molar-refractivity contribution in [1.29, 1.82) is 0 Å². The summed E-state index contributed by atoms with van der Waals surface area (Å²) in [6, 6.07) is 7.32. The van der Waals surface area contributed by atoms with Gasteiger partial charge in [-0.3, -0.25) is 0 Å². The molecule has 0 radical (unpaired) electrons. The maximum absolute atomic E-state index is 9.25. The molecule has 1 saturated heterocycles. The van der Waals surface area contributed by atoms with Crippen LogP contribution in [-0.2, 0) is 0 Å². The zero-order chi connectivity index (χ0) is 13.1. The molecule has 3 nitrogen and oxygen atoms in total. The maximum Gasteiger partial charge on any atom is 0.0451 e. The average molecular weight is 248 g/mol. The van der Waals surface area contributed by atoms with Crippen molar-refractivity contribution in [3.8, 4) is 0 Å². The van der Waals surface area contributed by atoms with Gasteiger partial charge in [-0.2, -0.15) is 0 Å². The van der Waals surface area contributed by atoms with Gasteiger partial charge in [0, 0.05) is 37.5 Å². The number of aryl methyl sites for hydroxylation is 2. The lowest BCUT2D eigenvalue weighted by Gasteiger charge is -2.44. The van der Waals surface area contributed by atoms with E-state index in [9.17, 15) is 5.11 Å². The summed E-state index contributed by atoms with van der Waals surface area (Å²) in [5.74, 6) is 0. The number of benzene rings is 1. The predicted octanol–water partition coefficient (Wildman–Crippen LogP) is 1.85. The second kappa shape index (κ2) is 5.72. The lowest BCUT2D eigenvalue weighted by atomic mass is 10.00. The number of hydrogen-bond acceptors (Lipinski definition) is 3. The standard InChI is InChI=1S/C15H24N2O/c1-11-5-4-6-12(2)15(11)17-13(3)9-16-10-14(17)7-8-18/h4-6,13-14,16,18H,7-10H2,1-3H3. The van der Waals surface area contributed by atoms with Crippen molar-refractivity contribution in [1.82, 2.24) is 5.32 Å². The second-order valence-corrected chi connectivity index (χ2v) is 5.32. The van der Waals surface area contributed by atoms with Gasteiger partial charge in [-0.25, -0.2) is 0 Å². The van der Waals surface area contributed by atoms with Crippen LogP contribution in [0.5, 0.6) is 0 Å². The second-order valence-electron chi connectivity index (χ2n) is 5.32. The molecule has 3 heteroatoms. The van der Waals surface area contributed by atoms with Crippen LogP contribution in [0.25, 0.3) is 0 Å². The molecule has 2 atom stereocenters. The van der Waals surface area contributed by atoms with Crippen LogP contribution in [0.1, 0.15) is 24.5 Å². The third-order valence-corrected chi connectivity index (χ3v) is 3.85. The highest BCUT2D eigenvalue weighted by molar-refractivity contribution is 5.60. The molecule has 1 aliphatic rings. The first-order valence-electron chi connectivity index (χ1n) is 6.81. The number of nitrogens with one attached hydrogen (secondary N) is 1. The molecule has 1 aliphatic heterocycles. The van der Waals surface area contributed by atoms with Gasteiger partial charge in [-0.15, -0.1) is 0 Å². The van der Waals surface area contributed by atoms with Crippen molar-refractivity contribution in [3.05, 3.63) is 29.3 Å². The normalized spacial score (nSPS) is 24.3. The molecule has 0 amide bonds. The number of para-hydroxylation sites is 1. The van der Waals surface area contributed by atoms with Gasteiger partial charge in [-0.1, -0.05) is 18.2 Å². The van der Waals surface area contributed by atoms with Crippen LogP contribution in [0.4, 0.5) is 5.69 Å². The highest BCUT2D eigenvalue weighted by Crippen LogP contribution is 2.30. The molecule has 0 bridgehead atoms. The molecule has 2 rings (SSSR count). The summed E-state index contributed by atoms with van der Waals surface area (Å²) < 4.78 is 0. The first-order chi connectivity index (χ1) is 8.65. The van der Waals surface area contributed by atoms with Crippen LogP contribution in [0.2, 0.25) is 0 Å². The molecule has 2 unspecified atom stereocenters. The molecular weight excluding hydrogens is 224 g/mol. The number of aliphatic hydroxyl groups is 1. The van der Waals surface area contributed by atoms with Crippen molar-refractivity contribution < 1.29 is 5.11 Å². The van der Waals surface area contributed by atoms with Gasteiger partial charge < -0.3 is 15.3 Å². The number of hydrogen-bond donors (Lipinski definition) is 2. The smallest absolute Gasteiger partial charge is 0.0451 e. The van der Waals surface area contributed by atoms with E-state index < -0.39 is 0 Å². The minimum absolute atomic E-state index is 0.250. The Hall–Kier alpha value is -1.06. The van der Waals surface area contributed by atoms with Gasteiger partial charge in [-0.05, 0) is 38.3 Å². The van der Waals surface area contributed by atoms with Gasteiger partial charge in [0.25, 0.3) is 0 Å². The Morgan fingerprint density at radius 1 is 1.28 bits per heavy atom. The van der Waals surface area contributed by atoms with Gasteiger partial charge in [0.05, 0.1) is 0 Å².